The first-order valence-electron chi connectivity index (χ1n) is 5.74. The molecule has 20 heavy (non-hydrogen) atoms. The van der Waals surface area contributed by atoms with Gasteiger partial charge in [-0.1, -0.05) is 12.1 Å². The summed E-state index contributed by atoms with van der Waals surface area (Å²) in [5, 5.41) is 17.9. The Bertz CT molecular complexity index is 689. The van der Waals surface area contributed by atoms with Crippen LogP contribution in [0.15, 0.2) is 42.5 Å². The Hall–Kier alpha value is -3.00. The molecule has 0 fully saturated rings. The van der Waals surface area contributed by atoms with E-state index in [0.29, 0.717) is 17.1 Å². The van der Waals surface area contributed by atoms with Gasteiger partial charge in [0.05, 0.1) is 18.2 Å². The SMILES string of the molecule is COc1cc(C(=O)O)ccc1Oc1ccccc1C#N. The largest absolute Gasteiger partial charge is 0.493 e. The maximum atomic E-state index is 10.9. The van der Waals surface area contributed by atoms with Crippen LogP contribution in [0.5, 0.6) is 17.2 Å². The van der Waals surface area contributed by atoms with Gasteiger partial charge in [0.1, 0.15) is 11.8 Å². The number of nitrogens with zero attached hydrogens (tertiary/aromatic N) is 1. The summed E-state index contributed by atoms with van der Waals surface area (Å²) in [4.78, 5) is 10.9. The van der Waals surface area contributed by atoms with Crippen LogP contribution in [0, 0.1) is 11.3 Å². The molecule has 0 aromatic heterocycles. The van der Waals surface area contributed by atoms with Gasteiger partial charge in [-0.3, -0.25) is 0 Å². The predicted molar refractivity (Wildman–Crippen MR) is 71.2 cm³/mol. The van der Waals surface area contributed by atoms with Crippen molar-refractivity contribution in [1.82, 2.24) is 0 Å². The molecule has 2 aromatic carbocycles. The van der Waals surface area contributed by atoms with Gasteiger partial charge in [-0.2, -0.15) is 5.26 Å². The average molecular weight is 269 g/mol. The van der Waals surface area contributed by atoms with Crippen LogP contribution in [-0.4, -0.2) is 18.2 Å². The zero-order chi connectivity index (χ0) is 14.5. The topological polar surface area (TPSA) is 79.6 Å². The summed E-state index contributed by atoms with van der Waals surface area (Å²) in [7, 11) is 1.42. The van der Waals surface area contributed by atoms with E-state index in [1.807, 2.05) is 6.07 Å². The van der Waals surface area contributed by atoms with Crippen LogP contribution in [0.1, 0.15) is 15.9 Å². The van der Waals surface area contributed by atoms with E-state index < -0.39 is 5.97 Å². The van der Waals surface area contributed by atoms with E-state index in [1.165, 1.54) is 25.3 Å². The maximum absolute atomic E-state index is 10.9. The van der Waals surface area contributed by atoms with E-state index in [0.717, 1.165) is 0 Å². The second kappa shape index (κ2) is 5.76. The third kappa shape index (κ3) is 2.70. The van der Waals surface area contributed by atoms with Gasteiger partial charge in [-0.05, 0) is 30.3 Å². The number of nitriles is 1. The normalized spacial score (nSPS) is 9.60. The highest BCUT2D eigenvalue weighted by Gasteiger charge is 2.12. The van der Waals surface area contributed by atoms with Crippen molar-refractivity contribution in [1.29, 1.82) is 5.26 Å². The lowest BCUT2D eigenvalue weighted by molar-refractivity contribution is 0.0696. The quantitative estimate of drug-likeness (QED) is 0.922. The molecule has 1 N–H and O–H groups in total. The van der Waals surface area contributed by atoms with Crippen molar-refractivity contribution in [3.8, 4) is 23.3 Å². The standard InChI is InChI=1S/C15H11NO4/c1-19-14-8-10(15(17)18)6-7-13(14)20-12-5-3-2-4-11(12)9-16/h2-8H,1H3,(H,17,18). The van der Waals surface area contributed by atoms with Crippen LogP contribution in [-0.2, 0) is 0 Å². The van der Waals surface area contributed by atoms with Gasteiger partial charge >= 0.3 is 5.97 Å². The summed E-state index contributed by atoms with van der Waals surface area (Å²) in [5.74, 6) is -0.0264. The number of carbonyl (C=O) groups is 1. The average Bonchev–Trinajstić information content (AvgIpc) is 2.48. The van der Waals surface area contributed by atoms with E-state index in [1.54, 1.807) is 24.3 Å². The lowest BCUT2D eigenvalue weighted by Gasteiger charge is -2.11. The van der Waals surface area contributed by atoms with Gasteiger partial charge in [0.2, 0.25) is 0 Å². The zero-order valence-electron chi connectivity index (χ0n) is 10.7. The van der Waals surface area contributed by atoms with Crippen LogP contribution in [0.25, 0.3) is 0 Å². The number of hydrogen-bond donors (Lipinski definition) is 1. The fourth-order valence-corrected chi connectivity index (χ4v) is 1.65. The van der Waals surface area contributed by atoms with E-state index >= 15 is 0 Å². The smallest absolute Gasteiger partial charge is 0.335 e. The lowest BCUT2D eigenvalue weighted by atomic mass is 10.2. The van der Waals surface area contributed by atoms with Gasteiger partial charge in [0, 0.05) is 0 Å². The lowest BCUT2D eigenvalue weighted by Crippen LogP contribution is -1.98. The Morgan fingerprint density at radius 2 is 1.90 bits per heavy atom. The van der Waals surface area contributed by atoms with E-state index in [4.69, 9.17) is 19.8 Å². The summed E-state index contributed by atoms with van der Waals surface area (Å²) in [6.45, 7) is 0. The molecule has 0 saturated carbocycles. The number of ether oxygens (including phenoxy) is 2. The van der Waals surface area contributed by atoms with Crippen LogP contribution in [0.2, 0.25) is 0 Å². The van der Waals surface area contributed by atoms with E-state index in [2.05, 4.69) is 0 Å². The fourth-order valence-electron chi connectivity index (χ4n) is 1.65. The minimum atomic E-state index is -1.05. The number of rotatable bonds is 4. The summed E-state index contributed by atoms with van der Waals surface area (Å²) in [6.07, 6.45) is 0. The molecule has 2 aromatic rings. The van der Waals surface area contributed by atoms with Crippen LogP contribution in [0.3, 0.4) is 0 Å². The molecule has 100 valence electrons. The fraction of sp³-hybridized carbons (Fsp3) is 0.0667. The molecular weight excluding hydrogens is 258 g/mol. The summed E-state index contributed by atoms with van der Waals surface area (Å²) in [6, 6.07) is 13.1. The van der Waals surface area contributed by atoms with Crippen molar-refractivity contribution >= 4 is 5.97 Å². The maximum Gasteiger partial charge on any atom is 0.335 e. The molecule has 0 aliphatic rings. The van der Waals surface area contributed by atoms with Crippen molar-refractivity contribution in [3.63, 3.8) is 0 Å². The molecular formula is C15H11NO4. The van der Waals surface area contributed by atoms with Gasteiger partial charge in [-0.15, -0.1) is 0 Å². The first-order chi connectivity index (χ1) is 9.65. The first kappa shape index (κ1) is 13.4. The van der Waals surface area contributed by atoms with Crippen LogP contribution in [0.4, 0.5) is 0 Å². The van der Waals surface area contributed by atoms with Gasteiger partial charge in [0.25, 0.3) is 0 Å². The number of carboxylic acid groups (broad SMARTS) is 1. The molecule has 0 aliphatic heterocycles. The number of benzene rings is 2. The number of hydrogen-bond acceptors (Lipinski definition) is 4. The Morgan fingerprint density at radius 1 is 1.15 bits per heavy atom. The Labute approximate surface area is 115 Å². The van der Waals surface area contributed by atoms with Gasteiger partial charge < -0.3 is 14.6 Å². The Balaban J connectivity index is 2.39. The van der Waals surface area contributed by atoms with Crippen molar-refractivity contribution in [3.05, 3.63) is 53.6 Å². The number of carboxylic acids is 1. The van der Waals surface area contributed by atoms with Crippen molar-refractivity contribution < 1.29 is 19.4 Å². The molecule has 0 atom stereocenters. The molecule has 0 radical (unpaired) electrons. The minimum Gasteiger partial charge on any atom is -0.493 e. The van der Waals surface area contributed by atoms with E-state index in [9.17, 15) is 4.79 Å². The van der Waals surface area contributed by atoms with Crippen LogP contribution >= 0.6 is 0 Å². The Morgan fingerprint density at radius 3 is 2.55 bits per heavy atom. The minimum absolute atomic E-state index is 0.0998. The molecule has 0 saturated heterocycles. The van der Waals surface area contributed by atoms with Gasteiger partial charge in [0.15, 0.2) is 11.5 Å². The highest BCUT2D eigenvalue weighted by atomic mass is 16.5. The highest BCUT2D eigenvalue weighted by molar-refractivity contribution is 5.88. The molecule has 0 heterocycles. The second-order valence-corrected chi connectivity index (χ2v) is 3.88. The van der Waals surface area contributed by atoms with Crippen molar-refractivity contribution in [2.24, 2.45) is 0 Å². The summed E-state index contributed by atoms with van der Waals surface area (Å²) in [5.41, 5.74) is 0.486. The summed E-state index contributed by atoms with van der Waals surface area (Å²) < 4.78 is 10.7. The van der Waals surface area contributed by atoms with E-state index in [-0.39, 0.29) is 11.3 Å². The zero-order valence-corrected chi connectivity index (χ0v) is 10.7. The first-order valence-corrected chi connectivity index (χ1v) is 5.74. The van der Waals surface area contributed by atoms with Crippen LogP contribution < -0.4 is 9.47 Å². The number of para-hydroxylation sites is 1. The highest BCUT2D eigenvalue weighted by Crippen LogP contribution is 2.33. The number of methoxy groups -OCH3 is 1. The summed E-state index contributed by atoms with van der Waals surface area (Å²) >= 11 is 0. The molecule has 5 nitrogen and oxygen atoms in total. The van der Waals surface area contributed by atoms with Crippen molar-refractivity contribution in [2.75, 3.05) is 7.11 Å². The third-order valence-electron chi connectivity index (χ3n) is 2.64. The van der Waals surface area contributed by atoms with Crippen molar-refractivity contribution in [2.45, 2.75) is 0 Å². The molecule has 0 amide bonds. The molecule has 0 aliphatic carbocycles. The second-order valence-electron chi connectivity index (χ2n) is 3.88. The Kier molecular flexibility index (Phi) is 3.87. The molecule has 5 heteroatoms. The predicted octanol–water partition coefficient (Wildman–Crippen LogP) is 3.06. The van der Waals surface area contributed by atoms with Gasteiger partial charge in [-0.25, -0.2) is 4.79 Å². The molecule has 0 unspecified atom stereocenters. The molecule has 0 bridgehead atoms. The monoisotopic (exact) mass is 269 g/mol. The number of aromatic carboxylic acids is 1. The molecule has 0 spiro atoms. The third-order valence-corrected chi connectivity index (χ3v) is 2.64. The molecule has 2 rings (SSSR count).